The molecule has 5 nitrogen and oxygen atoms in total. The number of aromatic nitrogens is 5. The summed E-state index contributed by atoms with van der Waals surface area (Å²) in [6.45, 7) is 0. The second-order valence-electron chi connectivity index (χ2n) is 2.45. The maximum absolute atomic E-state index is 5.70. The highest BCUT2D eigenvalue weighted by Crippen LogP contribution is 2.25. The number of hydrogen-bond donors (Lipinski definition) is 0. The van der Waals surface area contributed by atoms with Crippen LogP contribution in [0, 0.1) is 0 Å². The van der Waals surface area contributed by atoms with Crippen LogP contribution < -0.4 is 0 Å². The molecular weight excluding hydrogens is 242 g/mol. The first kappa shape index (κ1) is 9.88. The van der Waals surface area contributed by atoms with E-state index in [-0.39, 0.29) is 0 Å². The molecule has 0 saturated carbocycles. The molecule has 14 heavy (non-hydrogen) atoms. The van der Waals surface area contributed by atoms with Crippen molar-refractivity contribution in [2.45, 2.75) is 10.9 Å². The SMILES string of the molecule is Cn1nnnc1SCc1cnc(Cl)s1. The maximum atomic E-state index is 5.70. The lowest BCUT2D eigenvalue weighted by molar-refractivity contribution is 0.664. The minimum atomic E-state index is 0.566. The summed E-state index contributed by atoms with van der Waals surface area (Å²) in [5.74, 6) is 0.790. The fourth-order valence-electron chi connectivity index (χ4n) is 0.830. The van der Waals surface area contributed by atoms with Gasteiger partial charge in [0, 0.05) is 23.9 Å². The highest BCUT2D eigenvalue weighted by atomic mass is 35.5. The van der Waals surface area contributed by atoms with Gasteiger partial charge in [0.15, 0.2) is 4.47 Å². The summed E-state index contributed by atoms with van der Waals surface area (Å²) in [5.41, 5.74) is 0. The molecule has 0 aliphatic rings. The lowest BCUT2D eigenvalue weighted by Gasteiger charge is -1.94. The van der Waals surface area contributed by atoms with Crippen LogP contribution in [0.1, 0.15) is 4.88 Å². The van der Waals surface area contributed by atoms with Crippen molar-refractivity contribution in [1.82, 2.24) is 25.2 Å². The summed E-state index contributed by atoms with van der Waals surface area (Å²) in [4.78, 5) is 5.07. The number of halogens is 1. The molecule has 8 heteroatoms. The molecule has 0 spiro atoms. The lowest BCUT2D eigenvalue weighted by Crippen LogP contribution is -1.92. The third-order valence-corrected chi connectivity index (χ3v) is 3.81. The van der Waals surface area contributed by atoms with Crippen molar-refractivity contribution in [3.05, 3.63) is 15.5 Å². The summed E-state index contributed by atoms with van der Waals surface area (Å²) in [6, 6.07) is 0. The molecule has 0 unspecified atom stereocenters. The second-order valence-corrected chi connectivity index (χ2v) is 5.09. The van der Waals surface area contributed by atoms with Gasteiger partial charge in [0.25, 0.3) is 0 Å². The molecule has 0 aliphatic heterocycles. The van der Waals surface area contributed by atoms with Crippen molar-refractivity contribution in [3.63, 3.8) is 0 Å². The Bertz CT molecular complexity index is 425. The minimum Gasteiger partial charge on any atom is -0.233 e. The highest BCUT2D eigenvalue weighted by Gasteiger charge is 2.05. The number of thiazole rings is 1. The van der Waals surface area contributed by atoms with Crippen LogP contribution in [0.15, 0.2) is 11.4 Å². The van der Waals surface area contributed by atoms with Gasteiger partial charge in [-0.15, -0.1) is 16.4 Å². The third kappa shape index (κ3) is 2.23. The molecule has 0 aromatic carbocycles. The molecule has 74 valence electrons. The Labute approximate surface area is 93.5 Å². The smallest absolute Gasteiger partial charge is 0.209 e. The molecule has 0 bridgehead atoms. The van der Waals surface area contributed by atoms with Crippen molar-refractivity contribution >= 4 is 34.7 Å². The summed E-state index contributed by atoms with van der Waals surface area (Å²) in [7, 11) is 1.81. The average molecular weight is 248 g/mol. The standard InChI is InChI=1S/C6H6ClN5S2/c1-12-6(9-10-11-12)13-3-4-2-8-5(7)14-4/h2H,3H2,1H3. The van der Waals surface area contributed by atoms with Gasteiger partial charge in [-0.1, -0.05) is 23.4 Å². The predicted octanol–water partition coefficient (Wildman–Crippen LogP) is 1.61. The Morgan fingerprint density at radius 1 is 1.64 bits per heavy atom. The fourth-order valence-corrected chi connectivity index (χ4v) is 2.68. The van der Waals surface area contributed by atoms with Gasteiger partial charge in [-0.25, -0.2) is 9.67 Å². The maximum Gasteiger partial charge on any atom is 0.209 e. The van der Waals surface area contributed by atoms with E-state index in [4.69, 9.17) is 11.6 Å². The summed E-state index contributed by atoms with van der Waals surface area (Å²) < 4.78 is 2.20. The quantitative estimate of drug-likeness (QED) is 0.772. The van der Waals surface area contributed by atoms with E-state index in [1.807, 2.05) is 7.05 Å². The Hall–Kier alpha value is -0.660. The van der Waals surface area contributed by atoms with Gasteiger partial charge in [0.1, 0.15) is 0 Å². The highest BCUT2D eigenvalue weighted by molar-refractivity contribution is 7.98. The van der Waals surface area contributed by atoms with Crippen molar-refractivity contribution in [3.8, 4) is 0 Å². The van der Waals surface area contributed by atoms with Crippen molar-refractivity contribution in [2.75, 3.05) is 0 Å². The van der Waals surface area contributed by atoms with Crippen LogP contribution in [0.25, 0.3) is 0 Å². The van der Waals surface area contributed by atoms with Crippen molar-refractivity contribution in [2.24, 2.45) is 7.05 Å². The van der Waals surface area contributed by atoms with Gasteiger partial charge in [-0.2, -0.15) is 0 Å². The van der Waals surface area contributed by atoms with Gasteiger partial charge >= 0.3 is 0 Å². The van der Waals surface area contributed by atoms with Gasteiger partial charge < -0.3 is 0 Å². The summed E-state index contributed by atoms with van der Waals surface area (Å²) in [6.07, 6.45) is 1.77. The topological polar surface area (TPSA) is 56.5 Å². The van der Waals surface area contributed by atoms with Crippen molar-refractivity contribution in [1.29, 1.82) is 0 Å². The van der Waals surface area contributed by atoms with Crippen LogP contribution in [0.5, 0.6) is 0 Å². The predicted molar refractivity (Wildman–Crippen MR) is 55.5 cm³/mol. The van der Waals surface area contributed by atoms with Gasteiger partial charge in [0.05, 0.1) is 0 Å². The summed E-state index contributed by atoms with van der Waals surface area (Å²) in [5, 5.41) is 11.9. The van der Waals surface area contributed by atoms with Crippen LogP contribution >= 0.6 is 34.7 Å². The fraction of sp³-hybridized carbons (Fsp3) is 0.333. The first-order valence-electron chi connectivity index (χ1n) is 3.71. The largest absolute Gasteiger partial charge is 0.233 e. The molecule has 0 amide bonds. The van der Waals surface area contributed by atoms with Crippen LogP contribution in [-0.2, 0) is 12.8 Å². The normalized spacial score (nSPS) is 10.7. The molecule has 2 aromatic rings. The van der Waals surface area contributed by atoms with Crippen molar-refractivity contribution < 1.29 is 0 Å². The Balaban J connectivity index is 1.98. The molecule has 0 radical (unpaired) electrons. The molecular formula is C6H6ClN5S2. The Kier molecular flexibility index (Phi) is 2.99. The first-order chi connectivity index (χ1) is 6.75. The molecule has 0 fully saturated rings. The molecule has 2 rings (SSSR count). The molecule has 0 N–H and O–H groups in total. The Morgan fingerprint density at radius 2 is 2.50 bits per heavy atom. The van der Waals surface area contributed by atoms with E-state index >= 15 is 0 Å². The van der Waals surface area contributed by atoms with Crippen LogP contribution in [0.3, 0.4) is 0 Å². The van der Waals surface area contributed by atoms with E-state index in [2.05, 4.69) is 20.5 Å². The first-order valence-corrected chi connectivity index (χ1v) is 5.89. The second kappa shape index (κ2) is 4.24. The number of thioether (sulfide) groups is 1. The zero-order valence-electron chi connectivity index (χ0n) is 7.21. The van der Waals surface area contributed by atoms with Crippen LogP contribution in [-0.4, -0.2) is 25.2 Å². The van der Waals surface area contributed by atoms with E-state index in [0.717, 1.165) is 15.8 Å². The Morgan fingerprint density at radius 3 is 3.07 bits per heavy atom. The number of aryl methyl sites for hydroxylation is 1. The van der Waals surface area contributed by atoms with E-state index in [1.54, 1.807) is 22.6 Å². The molecule has 2 heterocycles. The molecule has 0 saturated heterocycles. The van der Waals surface area contributed by atoms with Crippen LogP contribution in [0.4, 0.5) is 0 Å². The molecule has 2 aromatic heterocycles. The zero-order chi connectivity index (χ0) is 9.97. The van der Waals surface area contributed by atoms with Gasteiger partial charge in [-0.3, -0.25) is 0 Å². The number of tetrazole rings is 1. The monoisotopic (exact) mass is 247 g/mol. The number of nitrogens with zero attached hydrogens (tertiary/aromatic N) is 5. The van der Waals surface area contributed by atoms with Crippen LogP contribution in [0.2, 0.25) is 4.47 Å². The van der Waals surface area contributed by atoms with Gasteiger partial charge in [-0.05, 0) is 10.4 Å². The minimum absolute atomic E-state index is 0.566. The van der Waals surface area contributed by atoms with E-state index in [0.29, 0.717) is 4.47 Å². The summed E-state index contributed by atoms with van der Waals surface area (Å²) >= 11 is 8.73. The third-order valence-electron chi connectivity index (χ3n) is 1.45. The van der Waals surface area contributed by atoms with E-state index in [9.17, 15) is 0 Å². The van der Waals surface area contributed by atoms with E-state index < -0.39 is 0 Å². The lowest BCUT2D eigenvalue weighted by atomic mass is 10.6. The zero-order valence-corrected chi connectivity index (χ0v) is 9.60. The van der Waals surface area contributed by atoms with Gasteiger partial charge in [0.2, 0.25) is 5.16 Å². The average Bonchev–Trinajstić information content (AvgIpc) is 2.72. The molecule has 0 aliphatic carbocycles. The van der Waals surface area contributed by atoms with E-state index in [1.165, 1.54) is 11.3 Å². The number of rotatable bonds is 3. The molecule has 0 atom stereocenters. The number of hydrogen-bond acceptors (Lipinski definition) is 6.